The fourth-order valence-corrected chi connectivity index (χ4v) is 6.22. The molecule has 0 radical (unpaired) electrons. The van der Waals surface area contributed by atoms with E-state index in [0.717, 1.165) is 32.1 Å². The standard InChI is InChI=1S/C20H32O3/c1-18(17(23)12-21)10-7-15-14(11-18)5-6-16-19(2,13-22)8-4-9-20(15,16)3/h11,15-16,21-22H,4-10,12-13H2,1-3H3/t15-,16-,18-,19+,20+/m0/s1. The summed E-state index contributed by atoms with van der Waals surface area (Å²) in [5.41, 5.74) is 1.28. The van der Waals surface area contributed by atoms with Gasteiger partial charge in [0.05, 0.1) is 0 Å². The maximum Gasteiger partial charge on any atom is 0.167 e. The van der Waals surface area contributed by atoms with Gasteiger partial charge in [0.1, 0.15) is 6.61 Å². The van der Waals surface area contributed by atoms with Gasteiger partial charge in [0.2, 0.25) is 0 Å². The molecule has 0 aromatic heterocycles. The van der Waals surface area contributed by atoms with Crippen molar-refractivity contribution in [2.45, 2.75) is 65.7 Å². The van der Waals surface area contributed by atoms with E-state index in [9.17, 15) is 15.0 Å². The van der Waals surface area contributed by atoms with Gasteiger partial charge in [0.15, 0.2) is 5.78 Å². The third-order valence-electron chi connectivity index (χ3n) is 7.66. The minimum atomic E-state index is -0.473. The zero-order chi connectivity index (χ0) is 16.9. The molecule has 3 heteroatoms. The smallest absolute Gasteiger partial charge is 0.167 e. The number of allylic oxidation sites excluding steroid dienone is 2. The van der Waals surface area contributed by atoms with Crippen LogP contribution in [0.4, 0.5) is 0 Å². The van der Waals surface area contributed by atoms with Crippen LogP contribution in [-0.2, 0) is 4.79 Å². The lowest BCUT2D eigenvalue weighted by molar-refractivity contribution is -0.130. The highest BCUT2D eigenvalue weighted by molar-refractivity contribution is 5.87. The van der Waals surface area contributed by atoms with E-state index in [0.29, 0.717) is 18.4 Å². The predicted octanol–water partition coefficient (Wildman–Crippen LogP) is 3.49. The van der Waals surface area contributed by atoms with Crippen molar-refractivity contribution in [2.75, 3.05) is 13.2 Å². The van der Waals surface area contributed by atoms with Gasteiger partial charge in [-0.3, -0.25) is 4.79 Å². The van der Waals surface area contributed by atoms with Crippen LogP contribution in [0.25, 0.3) is 0 Å². The number of aliphatic hydroxyl groups is 2. The van der Waals surface area contributed by atoms with Gasteiger partial charge >= 0.3 is 0 Å². The van der Waals surface area contributed by atoms with E-state index in [1.807, 2.05) is 6.92 Å². The molecule has 0 amide bonds. The Morgan fingerprint density at radius 2 is 1.91 bits per heavy atom. The number of fused-ring (bicyclic) bond motifs is 3. The first-order valence-corrected chi connectivity index (χ1v) is 9.26. The van der Waals surface area contributed by atoms with E-state index in [4.69, 9.17) is 0 Å². The Kier molecular flexibility index (Phi) is 4.25. The summed E-state index contributed by atoms with van der Waals surface area (Å²) in [4.78, 5) is 12.1. The Balaban J connectivity index is 1.94. The molecule has 130 valence electrons. The van der Waals surface area contributed by atoms with Crippen LogP contribution in [0.5, 0.6) is 0 Å². The lowest BCUT2D eigenvalue weighted by Crippen LogP contribution is -2.53. The lowest BCUT2D eigenvalue weighted by Gasteiger charge is -2.60. The van der Waals surface area contributed by atoms with Crippen LogP contribution in [0.3, 0.4) is 0 Å². The third kappa shape index (κ3) is 2.51. The summed E-state index contributed by atoms with van der Waals surface area (Å²) >= 11 is 0. The minimum Gasteiger partial charge on any atom is -0.396 e. The first-order valence-electron chi connectivity index (χ1n) is 9.26. The van der Waals surface area contributed by atoms with E-state index in [2.05, 4.69) is 19.9 Å². The third-order valence-corrected chi connectivity index (χ3v) is 7.66. The van der Waals surface area contributed by atoms with Crippen LogP contribution < -0.4 is 0 Å². The normalized spacial score (nSPS) is 46.6. The second-order valence-corrected chi connectivity index (χ2v) is 9.07. The average Bonchev–Trinajstić information content (AvgIpc) is 2.53. The van der Waals surface area contributed by atoms with E-state index < -0.39 is 5.41 Å². The van der Waals surface area contributed by atoms with Gasteiger partial charge in [-0.15, -0.1) is 0 Å². The summed E-state index contributed by atoms with van der Waals surface area (Å²) in [7, 11) is 0. The maximum atomic E-state index is 12.1. The topological polar surface area (TPSA) is 57.5 Å². The molecule has 0 aliphatic heterocycles. The van der Waals surface area contributed by atoms with Crippen molar-refractivity contribution in [3.63, 3.8) is 0 Å². The minimum absolute atomic E-state index is 0.0421. The first kappa shape index (κ1) is 17.2. The molecule has 0 aromatic carbocycles. The van der Waals surface area contributed by atoms with Crippen LogP contribution in [0.1, 0.15) is 65.7 Å². The van der Waals surface area contributed by atoms with Gasteiger partial charge in [-0.2, -0.15) is 0 Å². The predicted molar refractivity (Wildman–Crippen MR) is 90.9 cm³/mol. The summed E-state index contributed by atoms with van der Waals surface area (Å²) < 4.78 is 0. The van der Waals surface area contributed by atoms with Crippen LogP contribution in [-0.4, -0.2) is 29.2 Å². The molecule has 2 N–H and O–H groups in total. The van der Waals surface area contributed by atoms with Crippen LogP contribution >= 0.6 is 0 Å². The number of rotatable bonds is 3. The molecule has 0 unspecified atom stereocenters. The fourth-order valence-electron chi connectivity index (χ4n) is 6.22. The molecule has 2 fully saturated rings. The van der Waals surface area contributed by atoms with Crippen molar-refractivity contribution in [3.05, 3.63) is 11.6 Å². The summed E-state index contributed by atoms with van der Waals surface area (Å²) in [6.07, 6.45) is 9.83. The quantitative estimate of drug-likeness (QED) is 0.783. The highest BCUT2D eigenvalue weighted by Gasteiger charge is 2.56. The molecule has 3 aliphatic carbocycles. The van der Waals surface area contributed by atoms with Crippen molar-refractivity contribution in [3.8, 4) is 0 Å². The van der Waals surface area contributed by atoms with Gasteiger partial charge in [-0.25, -0.2) is 0 Å². The van der Waals surface area contributed by atoms with Gasteiger partial charge < -0.3 is 10.2 Å². The molecule has 23 heavy (non-hydrogen) atoms. The fraction of sp³-hybridized carbons (Fsp3) is 0.850. The second-order valence-electron chi connectivity index (χ2n) is 9.07. The molecular formula is C20H32O3. The van der Waals surface area contributed by atoms with Crippen LogP contribution in [0, 0.1) is 28.1 Å². The maximum absolute atomic E-state index is 12.1. The number of aliphatic hydroxyl groups excluding tert-OH is 2. The lowest BCUT2D eigenvalue weighted by atomic mass is 9.45. The Labute approximate surface area is 140 Å². The van der Waals surface area contributed by atoms with Crippen molar-refractivity contribution in [1.82, 2.24) is 0 Å². The molecule has 5 atom stereocenters. The number of hydrogen-bond acceptors (Lipinski definition) is 3. The molecule has 3 nitrogen and oxygen atoms in total. The Morgan fingerprint density at radius 1 is 1.17 bits per heavy atom. The van der Waals surface area contributed by atoms with Gasteiger partial charge in [-0.05, 0) is 68.1 Å². The van der Waals surface area contributed by atoms with E-state index in [-0.39, 0.29) is 23.2 Å². The first-order chi connectivity index (χ1) is 10.8. The van der Waals surface area contributed by atoms with E-state index in [1.165, 1.54) is 18.4 Å². The Morgan fingerprint density at radius 3 is 2.57 bits per heavy atom. The number of ketones is 1. The molecule has 3 rings (SSSR count). The molecular weight excluding hydrogens is 288 g/mol. The van der Waals surface area contributed by atoms with E-state index >= 15 is 0 Å². The van der Waals surface area contributed by atoms with Crippen LogP contribution in [0.15, 0.2) is 11.6 Å². The molecule has 0 bridgehead atoms. The van der Waals surface area contributed by atoms with Gasteiger partial charge in [0, 0.05) is 12.0 Å². The highest BCUT2D eigenvalue weighted by Crippen LogP contribution is 2.63. The molecule has 0 aromatic rings. The molecule has 0 heterocycles. The zero-order valence-electron chi connectivity index (χ0n) is 14.9. The molecule has 2 saturated carbocycles. The molecule has 0 spiro atoms. The average molecular weight is 320 g/mol. The van der Waals surface area contributed by atoms with Crippen molar-refractivity contribution >= 4 is 5.78 Å². The SMILES string of the molecule is C[C@]1(CO)CCC[C@]2(C)[C@H]3CC[C@](C)(C(=O)CO)C=C3CC[C@@H]12. The number of hydrogen-bond donors (Lipinski definition) is 2. The summed E-state index contributed by atoms with van der Waals surface area (Å²) in [5, 5.41) is 19.3. The summed E-state index contributed by atoms with van der Waals surface area (Å²) in [5.74, 6) is 1.08. The highest BCUT2D eigenvalue weighted by atomic mass is 16.3. The van der Waals surface area contributed by atoms with Crippen molar-refractivity contribution in [2.24, 2.45) is 28.1 Å². The Bertz CT molecular complexity index is 525. The zero-order valence-corrected chi connectivity index (χ0v) is 14.9. The number of Topliss-reactive ketones (excluding diaryl/α,β-unsaturated/α-hetero) is 1. The Hall–Kier alpha value is -0.670. The van der Waals surface area contributed by atoms with Crippen molar-refractivity contribution in [1.29, 1.82) is 0 Å². The molecule has 0 saturated heterocycles. The monoisotopic (exact) mass is 320 g/mol. The van der Waals surface area contributed by atoms with Crippen molar-refractivity contribution < 1.29 is 15.0 Å². The largest absolute Gasteiger partial charge is 0.396 e. The van der Waals surface area contributed by atoms with E-state index in [1.54, 1.807) is 0 Å². The summed E-state index contributed by atoms with van der Waals surface area (Å²) in [6, 6.07) is 0. The van der Waals surface area contributed by atoms with Crippen LogP contribution in [0.2, 0.25) is 0 Å². The second kappa shape index (κ2) is 5.70. The number of carbonyl (C=O) groups is 1. The van der Waals surface area contributed by atoms with Gasteiger partial charge in [0.25, 0.3) is 0 Å². The summed E-state index contributed by atoms with van der Waals surface area (Å²) in [6.45, 7) is 6.63. The number of carbonyl (C=O) groups excluding carboxylic acids is 1. The van der Waals surface area contributed by atoms with Gasteiger partial charge in [-0.1, -0.05) is 31.9 Å². The molecule has 3 aliphatic rings.